The molecule has 0 unspecified atom stereocenters. The fourth-order valence-electron chi connectivity index (χ4n) is 1.89. The Labute approximate surface area is 97.1 Å². The van der Waals surface area contributed by atoms with Gasteiger partial charge in [-0.2, -0.15) is 5.10 Å². The van der Waals surface area contributed by atoms with Crippen molar-refractivity contribution in [3.05, 3.63) is 48.3 Å². The lowest BCUT2D eigenvalue weighted by molar-refractivity contribution is 0.628. The number of aromatic amines is 1. The van der Waals surface area contributed by atoms with Crippen molar-refractivity contribution < 1.29 is 4.39 Å². The van der Waals surface area contributed by atoms with E-state index in [1.54, 1.807) is 12.1 Å². The standard InChI is InChI=1S/C13H10FN3/c14-9-6-4-8(5-7-9)12-10-2-1-3-11(15)13(10)17-16-12/h1-7H,15H2,(H,16,17). The largest absolute Gasteiger partial charge is 0.397 e. The second kappa shape index (κ2) is 3.59. The van der Waals surface area contributed by atoms with E-state index in [9.17, 15) is 4.39 Å². The van der Waals surface area contributed by atoms with Crippen LogP contribution in [0, 0.1) is 5.82 Å². The molecule has 3 rings (SSSR count). The van der Waals surface area contributed by atoms with Gasteiger partial charge in [-0.05, 0) is 30.3 Å². The molecule has 0 aliphatic heterocycles. The van der Waals surface area contributed by atoms with Gasteiger partial charge in [-0.3, -0.25) is 5.10 Å². The first-order valence-corrected chi connectivity index (χ1v) is 5.24. The number of para-hydroxylation sites is 1. The quantitative estimate of drug-likeness (QED) is 0.628. The molecule has 4 heteroatoms. The van der Waals surface area contributed by atoms with Crippen LogP contribution in [0.25, 0.3) is 22.2 Å². The smallest absolute Gasteiger partial charge is 0.123 e. The van der Waals surface area contributed by atoms with Crippen molar-refractivity contribution in [1.82, 2.24) is 10.2 Å². The minimum atomic E-state index is -0.256. The lowest BCUT2D eigenvalue weighted by Gasteiger charge is -1.98. The average Bonchev–Trinajstić information content (AvgIpc) is 2.75. The number of H-pyrrole nitrogens is 1. The molecule has 0 bridgehead atoms. The topological polar surface area (TPSA) is 54.7 Å². The summed E-state index contributed by atoms with van der Waals surface area (Å²) in [6.07, 6.45) is 0. The number of nitrogens with zero attached hydrogens (tertiary/aromatic N) is 1. The summed E-state index contributed by atoms with van der Waals surface area (Å²) in [5, 5.41) is 8.07. The number of aromatic nitrogens is 2. The van der Waals surface area contributed by atoms with E-state index in [-0.39, 0.29) is 5.82 Å². The third-order valence-electron chi connectivity index (χ3n) is 2.75. The van der Waals surface area contributed by atoms with Crippen LogP contribution in [0.15, 0.2) is 42.5 Å². The van der Waals surface area contributed by atoms with E-state index in [4.69, 9.17) is 5.73 Å². The van der Waals surface area contributed by atoms with Gasteiger partial charge < -0.3 is 5.73 Å². The third kappa shape index (κ3) is 1.54. The maximum absolute atomic E-state index is 12.9. The molecule has 0 aliphatic rings. The van der Waals surface area contributed by atoms with Crippen LogP contribution in [0.1, 0.15) is 0 Å². The second-order valence-corrected chi connectivity index (χ2v) is 3.85. The van der Waals surface area contributed by atoms with Gasteiger partial charge in [-0.25, -0.2) is 4.39 Å². The molecule has 1 heterocycles. The Kier molecular flexibility index (Phi) is 2.08. The van der Waals surface area contributed by atoms with Crippen LogP contribution >= 0.6 is 0 Å². The SMILES string of the molecule is Nc1cccc2c(-c3ccc(F)cc3)n[nH]c12. The molecule has 84 valence electrons. The van der Waals surface area contributed by atoms with Gasteiger partial charge in [0.15, 0.2) is 0 Å². The molecule has 17 heavy (non-hydrogen) atoms. The summed E-state index contributed by atoms with van der Waals surface area (Å²) in [7, 11) is 0. The van der Waals surface area contributed by atoms with Crippen LogP contribution in [0.2, 0.25) is 0 Å². The number of benzene rings is 2. The number of rotatable bonds is 1. The maximum Gasteiger partial charge on any atom is 0.123 e. The Hall–Kier alpha value is -2.36. The van der Waals surface area contributed by atoms with Gasteiger partial charge in [0.25, 0.3) is 0 Å². The molecule has 0 aliphatic carbocycles. The van der Waals surface area contributed by atoms with E-state index in [0.717, 1.165) is 22.2 Å². The number of hydrogen-bond donors (Lipinski definition) is 2. The molecular weight excluding hydrogens is 217 g/mol. The molecular formula is C13H10FN3. The van der Waals surface area contributed by atoms with Gasteiger partial charge in [0, 0.05) is 10.9 Å². The first-order valence-electron chi connectivity index (χ1n) is 5.24. The van der Waals surface area contributed by atoms with E-state index in [0.29, 0.717) is 5.69 Å². The summed E-state index contributed by atoms with van der Waals surface area (Å²) < 4.78 is 12.9. The number of nitrogen functional groups attached to an aromatic ring is 1. The van der Waals surface area contributed by atoms with Gasteiger partial charge >= 0.3 is 0 Å². The van der Waals surface area contributed by atoms with Crippen molar-refractivity contribution >= 4 is 16.6 Å². The molecule has 0 amide bonds. The van der Waals surface area contributed by atoms with E-state index >= 15 is 0 Å². The average molecular weight is 227 g/mol. The fraction of sp³-hybridized carbons (Fsp3) is 0. The van der Waals surface area contributed by atoms with Crippen LogP contribution < -0.4 is 5.73 Å². The number of nitrogens with one attached hydrogen (secondary N) is 1. The Morgan fingerprint density at radius 2 is 1.82 bits per heavy atom. The zero-order chi connectivity index (χ0) is 11.8. The molecule has 0 saturated carbocycles. The van der Waals surface area contributed by atoms with Gasteiger partial charge in [-0.15, -0.1) is 0 Å². The van der Waals surface area contributed by atoms with Gasteiger partial charge in [0.2, 0.25) is 0 Å². The minimum absolute atomic E-state index is 0.256. The molecule has 0 spiro atoms. The van der Waals surface area contributed by atoms with Crippen molar-refractivity contribution in [2.24, 2.45) is 0 Å². The fourth-order valence-corrected chi connectivity index (χ4v) is 1.89. The highest BCUT2D eigenvalue weighted by molar-refractivity contribution is 5.98. The summed E-state index contributed by atoms with van der Waals surface area (Å²) in [6.45, 7) is 0. The molecule has 3 N–H and O–H groups in total. The number of nitrogens with two attached hydrogens (primary N) is 1. The molecule has 2 aromatic carbocycles. The van der Waals surface area contributed by atoms with Crippen molar-refractivity contribution in [2.75, 3.05) is 5.73 Å². The van der Waals surface area contributed by atoms with Crippen molar-refractivity contribution in [3.8, 4) is 11.3 Å². The molecule has 3 nitrogen and oxygen atoms in total. The van der Waals surface area contributed by atoms with E-state index in [1.165, 1.54) is 12.1 Å². The Bertz CT molecular complexity index is 671. The Balaban J connectivity index is 2.24. The van der Waals surface area contributed by atoms with Crippen molar-refractivity contribution in [2.45, 2.75) is 0 Å². The lowest BCUT2D eigenvalue weighted by Crippen LogP contribution is -1.85. The summed E-state index contributed by atoms with van der Waals surface area (Å²) in [6, 6.07) is 11.9. The summed E-state index contributed by atoms with van der Waals surface area (Å²) in [4.78, 5) is 0. The molecule has 0 radical (unpaired) electrons. The van der Waals surface area contributed by atoms with E-state index in [2.05, 4.69) is 10.2 Å². The summed E-state index contributed by atoms with van der Waals surface area (Å²) >= 11 is 0. The molecule has 0 fully saturated rings. The Morgan fingerprint density at radius 3 is 2.59 bits per heavy atom. The van der Waals surface area contributed by atoms with Crippen LogP contribution in [-0.2, 0) is 0 Å². The summed E-state index contributed by atoms with van der Waals surface area (Å²) in [5.41, 5.74) is 8.96. The minimum Gasteiger partial charge on any atom is -0.397 e. The maximum atomic E-state index is 12.9. The first kappa shape index (κ1) is 9.84. The zero-order valence-electron chi connectivity index (χ0n) is 8.94. The molecule has 1 aromatic heterocycles. The molecule has 0 saturated heterocycles. The van der Waals surface area contributed by atoms with E-state index < -0.39 is 0 Å². The van der Waals surface area contributed by atoms with Crippen molar-refractivity contribution in [3.63, 3.8) is 0 Å². The lowest BCUT2D eigenvalue weighted by atomic mass is 10.1. The van der Waals surface area contributed by atoms with Crippen LogP contribution in [0.5, 0.6) is 0 Å². The zero-order valence-corrected chi connectivity index (χ0v) is 8.94. The first-order chi connectivity index (χ1) is 8.25. The van der Waals surface area contributed by atoms with Crippen molar-refractivity contribution in [1.29, 1.82) is 0 Å². The third-order valence-corrected chi connectivity index (χ3v) is 2.75. The van der Waals surface area contributed by atoms with Crippen LogP contribution in [0.4, 0.5) is 10.1 Å². The molecule has 0 atom stereocenters. The van der Waals surface area contributed by atoms with Gasteiger partial charge in [0.1, 0.15) is 5.82 Å². The summed E-state index contributed by atoms with van der Waals surface area (Å²) in [5.74, 6) is -0.256. The van der Waals surface area contributed by atoms with Crippen LogP contribution in [-0.4, -0.2) is 10.2 Å². The van der Waals surface area contributed by atoms with Crippen LogP contribution in [0.3, 0.4) is 0 Å². The van der Waals surface area contributed by atoms with Gasteiger partial charge in [0.05, 0.1) is 16.9 Å². The molecule has 3 aromatic rings. The number of fused-ring (bicyclic) bond motifs is 1. The monoisotopic (exact) mass is 227 g/mol. The number of halogens is 1. The normalized spacial score (nSPS) is 10.9. The predicted octanol–water partition coefficient (Wildman–Crippen LogP) is 2.95. The second-order valence-electron chi connectivity index (χ2n) is 3.85. The predicted molar refractivity (Wildman–Crippen MR) is 65.9 cm³/mol. The van der Waals surface area contributed by atoms with E-state index in [1.807, 2.05) is 18.2 Å². The highest BCUT2D eigenvalue weighted by Gasteiger charge is 2.09. The highest BCUT2D eigenvalue weighted by atomic mass is 19.1. The number of anilines is 1. The highest BCUT2D eigenvalue weighted by Crippen LogP contribution is 2.28. The number of hydrogen-bond acceptors (Lipinski definition) is 2. The van der Waals surface area contributed by atoms with Gasteiger partial charge in [-0.1, -0.05) is 12.1 Å². The Morgan fingerprint density at radius 1 is 1.06 bits per heavy atom.